The predicted molar refractivity (Wildman–Crippen MR) is 94.1 cm³/mol. The maximum Gasteiger partial charge on any atom is 0.265 e. The number of nitrogens with two attached hydrogens (primary N) is 1. The molecule has 122 valence electrons. The first-order valence-corrected chi connectivity index (χ1v) is 8.80. The van der Waals surface area contributed by atoms with Crippen LogP contribution in [0.5, 0.6) is 0 Å². The number of aromatic nitrogens is 1. The van der Waals surface area contributed by atoms with Crippen molar-refractivity contribution >= 4 is 35.3 Å². The van der Waals surface area contributed by atoms with E-state index in [1.54, 1.807) is 0 Å². The van der Waals surface area contributed by atoms with Gasteiger partial charge in [-0.15, -0.1) is 0 Å². The van der Waals surface area contributed by atoms with Crippen molar-refractivity contribution < 1.29 is 9.53 Å². The molecule has 3 N–H and O–H groups in total. The van der Waals surface area contributed by atoms with Crippen molar-refractivity contribution in [3.8, 4) is 0 Å². The summed E-state index contributed by atoms with van der Waals surface area (Å²) in [6.45, 7) is 1.87. The molecule has 1 aromatic heterocycles. The van der Waals surface area contributed by atoms with Gasteiger partial charge >= 0.3 is 0 Å². The minimum Gasteiger partial charge on any atom is -0.384 e. The molecule has 2 heterocycles. The molecule has 1 unspecified atom stereocenters. The first kappa shape index (κ1) is 16.2. The van der Waals surface area contributed by atoms with Crippen LogP contribution >= 0.6 is 23.6 Å². The van der Waals surface area contributed by atoms with E-state index >= 15 is 0 Å². The van der Waals surface area contributed by atoms with Crippen LogP contribution < -0.4 is 11.1 Å². The molecule has 1 aliphatic rings. The molecular weight excluding hydrogens is 330 g/mol. The fourth-order valence-corrected chi connectivity index (χ4v) is 3.86. The quantitative estimate of drug-likeness (QED) is 0.814. The van der Waals surface area contributed by atoms with E-state index in [0.29, 0.717) is 27.7 Å². The van der Waals surface area contributed by atoms with E-state index in [2.05, 4.69) is 5.32 Å². The molecule has 0 radical (unpaired) electrons. The summed E-state index contributed by atoms with van der Waals surface area (Å²) in [5, 5.41) is 2.89. The molecule has 0 bridgehead atoms. The number of nitrogens with one attached hydrogen (secondary N) is 1. The Labute approximate surface area is 144 Å². The second-order valence-corrected chi connectivity index (χ2v) is 7.14. The number of nitrogen functional groups attached to an aromatic ring is 1. The van der Waals surface area contributed by atoms with Crippen molar-refractivity contribution in [1.82, 2.24) is 9.88 Å². The summed E-state index contributed by atoms with van der Waals surface area (Å²) in [5.74, 6) is 0.245. The van der Waals surface area contributed by atoms with Gasteiger partial charge < -0.3 is 20.4 Å². The third-order valence-electron chi connectivity index (χ3n) is 3.85. The van der Waals surface area contributed by atoms with Crippen molar-refractivity contribution in [2.24, 2.45) is 0 Å². The molecule has 0 aliphatic carbocycles. The summed E-state index contributed by atoms with van der Waals surface area (Å²) in [4.78, 5) is 12.8. The summed E-state index contributed by atoms with van der Waals surface area (Å²) in [6, 6.07) is 9.76. The Balaban J connectivity index is 1.69. The van der Waals surface area contributed by atoms with Gasteiger partial charge in [-0.05, 0) is 30.6 Å². The molecular formula is C16H19N3O2S2. The van der Waals surface area contributed by atoms with Crippen LogP contribution in [0.3, 0.4) is 0 Å². The second kappa shape index (κ2) is 7.25. The lowest BCUT2D eigenvalue weighted by atomic mass is 10.2. The lowest BCUT2D eigenvalue weighted by Gasteiger charge is -2.12. The number of ether oxygens (including phenoxy) is 1. The monoisotopic (exact) mass is 349 g/mol. The summed E-state index contributed by atoms with van der Waals surface area (Å²) in [6.07, 6.45) is 2.21. The van der Waals surface area contributed by atoms with E-state index in [1.165, 1.54) is 11.3 Å². The zero-order valence-electron chi connectivity index (χ0n) is 12.7. The zero-order valence-corrected chi connectivity index (χ0v) is 14.3. The van der Waals surface area contributed by atoms with Gasteiger partial charge in [-0.2, -0.15) is 0 Å². The van der Waals surface area contributed by atoms with Gasteiger partial charge in [0.25, 0.3) is 5.91 Å². The number of rotatable bonds is 5. The Kier molecular flexibility index (Phi) is 5.09. The molecule has 7 heteroatoms. The number of benzene rings is 1. The third-order valence-corrected chi connectivity index (χ3v) is 5.31. The number of nitrogens with zero attached hydrogens (tertiary/aromatic N) is 1. The first-order valence-electron chi connectivity index (χ1n) is 7.58. The highest BCUT2D eigenvalue weighted by atomic mass is 32.1. The molecule has 2 aromatic rings. The van der Waals surface area contributed by atoms with E-state index in [9.17, 15) is 4.79 Å². The molecule has 3 rings (SSSR count). The van der Waals surface area contributed by atoms with Crippen molar-refractivity contribution in [2.75, 3.05) is 12.3 Å². The topological polar surface area (TPSA) is 69.3 Å². The molecule has 1 aromatic carbocycles. The Morgan fingerprint density at radius 1 is 1.43 bits per heavy atom. The molecule has 1 fully saturated rings. The van der Waals surface area contributed by atoms with Crippen LogP contribution in [0.4, 0.5) is 5.82 Å². The lowest BCUT2D eigenvalue weighted by molar-refractivity contribution is 0.0946. The SMILES string of the molecule is Nc1c(C(=O)NCc2ccccc2)sc(=S)n1CC1CCCO1. The van der Waals surface area contributed by atoms with Crippen LogP contribution in [-0.4, -0.2) is 23.2 Å². The number of hydrogen-bond donors (Lipinski definition) is 2. The Morgan fingerprint density at radius 3 is 2.91 bits per heavy atom. The highest BCUT2D eigenvalue weighted by Crippen LogP contribution is 2.24. The van der Waals surface area contributed by atoms with Gasteiger partial charge in [0.1, 0.15) is 10.7 Å². The van der Waals surface area contributed by atoms with E-state index in [0.717, 1.165) is 25.0 Å². The van der Waals surface area contributed by atoms with Gasteiger partial charge in [-0.25, -0.2) is 0 Å². The summed E-state index contributed by atoms with van der Waals surface area (Å²) in [7, 11) is 0. The van der Waals surface area contributed by atoms with Gasteiger partial charge in [0, 0.05) is 13.2 Å². The Bertz CT molecular complexity index is 734. The van der Waals surface area contributed by atoms with Gasteiger partial charge in [0.15, 0.2) is 3.95 Å². The fourth-order valence-electron chi connectivity index (χ4n) is 2.60. The molecule has 0 saturated carbocycles. The van der Waals surface area contributed by atoms with Gasteiger partial charge in [-0.1, -0.05) is 41.7 Å². The van der Waals surface area contributed by atoms with Gasteiger partial charge in [-0.3, -0.25) is 4.79 Å². The molecule has 5 nitrogen and oxygen atoms in total. The lowest BCUT2D eigenvalue weighted by Crippen LogP contribution is -2.23. The van der Waals surface area contributed by atoms with Crippen LogP contribution in [0.15, 0.2) is 30.3 Å². The van der Waals surface area contributed by atoms with Crippen LogP contribution in [0.2, 0.25) is 0 Å². The third kappa shape index (κ3) is 3.80. The molecule has 0 spiro atoms. The summed E-state index contributed by atoms with van der Waals surface area (Å²) >= 11 is 6.61. The number of carbonyl (C=O) groups is 1. The standard InChI is InChI=1S/C16H19N3O2S2/c17-14-13(15(20)18-9-11-5-2-1-3-6-11)23-16(22)19(14)10-12-7-4-8-21-12/h1-3,5-6,12H,4,7-10,17H2,(H,18,20). The smallest absolute Gasteiger partial charge is 0.265 e. The number of amides is 1. The highest BCUT2D eigenvalue weighted by Gasteiger charge is 2.21. The first-order chi connectivity index (χ1) is 11.1. The summed E-state index contributed by atoms with van der Waals surface area (Å²) in [5.41, 5.74) is 7.19. The molecule has 1 aliphatic heterocycles. The van der Waals surface area contributed by atoms with Crippen molar-refractivity contribution in [3.05, 3.63) is 44.7 Å². The normalized spacial score (nSPS) is 17.3. The number of anilines is 1. The minimum atomic E-state index is -0.187. The number of carbonyl (C=O) groups excluding carboxylic acids is 1. The van der Waals surface area contributed by atoms with Crippen LogP contribution in [-0.2, 0) is 17.8 Å². The van der Waals surface area contributed by atoms with E-state index in [-0.39, 0.29) is 12.0 Å². The van der Waals surface area contributed by atoms with Crippen molar-refractivity contribution in [2.45, 2.75) is 32.0 Å². The predicted octanol–water partition coefficient (Wildman–Crippen LogP) is 2.97. The maximum absolute atomic E-state index is 12.4. The zero-order chi connectivity index (χ0) is 16.2. The number of thiazole rings is 1. The molecule has 1 amide bonds. The largest absolute Gasteiger partial charge is 0.384 e. The highest BCUT2D eigenvalue weighted by molar-refractivity contribution is 7.73. The van der Waals surface area contributed by atoms with Gasteiger partial charge in [0.05, 0.1) is 12.6 Å². The van der Waals surface area contributed by atoms with Gasteiger partial charge in [0.2, 0.25) is 0 Å². The maximum atomic E-state index is 12.4. The van der Waals surface area contributed by atoms with Crippen LogP contribution in [0, 0.1) is 3.95 Å². The Hall–Kier alpha value is -1.70. The molecule has 23 heavy (non-hydrogen) atoms. The molecule has 1 atom stereocenters. The molecule has 1 saturated heterocycles. The van der Waals surface area contributed by atoms with E-state index < -0.39 is 0 Å². The van der Waals surface area contributed by atoms with E-state index in [1.807, 2.05) is 34.9 Å². The fraction of sp³-hybridized carbons (Fsp3) is 0.375. The van der Waals surface area contributed by atoms with Crippen LogP contribution in [0.1, 0.15) is 28.1 Å². The Morgan fingerprint density at radius 2 is 2.22 bits per heavy atom. The minimum absolute atomic E-state index is 0.138. The van der Waals surface area contributed by atoms with Crippen LogP contribution in [0.25, 0.3) is 0 Å². The average Bonchev–Trinajstić information content (AvgIpc) is 3.17. The second-order valence-electron chi connectivity index (χ2n) is 5.50. The number of hydrogen-bond acceptors (Lipinski definition) is 5. The van der Waals surface area contributed by atoms with Crippen molar-refractivity contribution in [3.63, 3.8) is 0 Å². The summed E-state index contributed by atoms with van der Waals surface area (Å²) < 4.78 is 8.05. The van der Waals surface area contributed by atoms with Crippen molar-refractivity contribution in [1.29, 1.82) is 0 Å². The van der Waals surface area contributed by atoms with E-state index in [4.69, 9.17) is 22.7 Å². The average molecular weight is 349 g/mol.